The predicted molar refractivity (Wildman–Crippen MR) is 116 cm³/mol. The van der Waals surface area contributed by atoms with Gasteiger partial charge in [-0.3, -0.25) is 9.59 Å². The molecule has 0 aromatic heterocycles. The molecule has 156 valence electrons. The Morgan fingerprint density at radius 1 is 0.903 bits per heavy atom. The van der Waals surface area contributed by atoms with Crippen molar-refractivity contribution in [3.63, 3.8) is 0 Å². The van der Waals surface area contributed by atoms with Crippen LogP contribution in [-0.2, 0) is 11.3 Å². The Kier molecular flexibility index (Phi) is 5.29. The predicted octanol–water partition coefficient (Wildman–Crippen LogP) is 4.47. The molecule has 1 aliphatic heterocycles. The van der Waals surface area contributed by atoms with Crippen molar-refractivity contribution in [3.05, 3.63) is 94.0 Å². The van der Waals surface area contributed by atoms with Gasteiger partial charge in [0.2, 0.25) is 0 Å². The van der Waals surface area contributed by atoms with Crippen molar-refractivity contribution >= 4 is 23.5 Å². The third-order valence-electron chi connectivity index (χ3n) is 5.27. The Hall–Kier alpha value is -3.93. The molecule has 4 rings (SSSR count). The quantitative estimate of drug-likeness (QED) is 0.454. The molecule has 1 heterocycles. The number of rotatable bonds is 5. The van der Waals surface area contributed by atoms with E-state index in [9.17, 15) is 14.4 Å². The van der Waals surface area contributed by atoms with Crippen LogP contribution < -0.4 is 9.64 Å². The summed E-state index contributed by atoms with van der Waals surface area (Å²) in [6.45, 7) is 3.80. The summed E-state index contributed by atoms with van der Waals surface area (Å²) >= 11 is 0. The number of aryl methyl sites for hydroxylation is 2. The standard InChI is InChI=1S/C25H21NO5/c1-15-8-11-22(30-3)18(12-15)14-31-25(29)17-9-10-19-20(13-17)24(28)26(23(19)27)21-7-5-4-6-16(21)2/h4-13H,14H2,1-3H3. The molecular formula is C25H21NO5. The van der Waals surface area contributed by atoms with E-state index >= 15 is 0 Å². The van der Waals surface area contributed by atoms with Gasteiger partial charge in [-0.2, -0.15) is 0 Å². The highest BCUT2D eigenvalue weighted by atomic mass is 16.5. The van der Waals surface area contributed by atoms with E-state index in [1.54, 1.807) is 19.2 Å². The first kappa shape index (κ1) is 20.3. The number of ether oxygens (including phenoxy) is 2. The Bertz CT molecular complexity index is 1210. The minimum absolute atomic E-state index is 0.0307. The van der Waals surface area contributed by atoms with E-state index < -0.39 is 17.8 Å². The second kappa shape index (κ2) is 8.07. The van der Waals surface area contributed by atoms with Gasteiger partial charge in [-0.15, -0.1) is 0 Å². The molecule has 0 aliphatic carbocycles. The highest BCUT2D eigenvalue weighted by Crippen LogP contribution is 2.31. The van der Waals surface area contributed by atoms with Gasteiger partial charge in [0.05, 0.1) is 29.5 Å². The summed E-state index contributed by atoms with van der Waals surface area (Å²) in [5.74, 6) is -0.814. The van der Waals surface area contributed by atoms with E-state index in [0.29, 0.717) is 11.4 Å². The number of para-hydroxylation sites is 1. The first-order valence-corrected chi connectivity index (χ1v) is 9.80. The zero-order chi connectivity index (χ0) is 22.1. The summed E-state index contributed by atoms with van der Waals surface area (Å²) in [6, 6.07) is 17.2. The number of imide groups is 1. The van der Waals surface area contributed by atoms with Crippen LogP contribution in [0, 0.1) is 13.8 Å². The van der Waals surface area contributed by atoms with E-state index in [1.165, 1.54) is 18.2 Å². The van der Waals surface area contributed by atoms with Crippen LogP contribution >= 0.6 is 0 Å². The molecule has 0 atom stereocenters. The molecule has 3 aromatic carbocycles. The number of anilines is 1. The van der Waals surface area contributed by atoms with Crippen molar-refractivity contribution in [1.82, 2.24) is 0 Å². The normalized spacial score (nSPS) is 12.7. The molecule has 0 unspecified atom stereocenters. The maximum absolute atomic E-state index is 13.0. The van der Waals surface area contributed by atoms with Gasteiger partial charge in [0.25, 0.3) is 11.8 Å². The SMILES string of the molecule is COc1ccc(C)cc1COC(=O)c1ccc2c(c1)C(=O)N(c1ccccc1C)C2=O. The lowest BCUT2D eigenvalue weighted by Gasteiger charge is -2.16. The summed E-state index contributed by atoms with van der Waals surface area (Å²) in [5, 5.41) is 0. The number of amides is 2. The highest BCUT2D eigenvalue weighted by Gasteiger charge is 2.37. The van der Waals surface area contributed by atoms with Crippen molar-refractivity contribution < 1.29 is 23.9 Å². The second-order valence-electron chi connectivity index (χ2n) is 7.38. The number of nitrogens with zero attached hydrogens (tertiary/aromatic N) is 1. The molecule has 0 spiro atoms. The maximum Gasteiger partial charge on any atom is 0.338 e. The number of carbonyl (C=O) groups is 3. The number of carbonyl (C=O) groups excluding carboxylic acids is 3. The molecular weight excluding hydrogens is 394 g/mol. The number of esters is 1. The molecule has 31 heavy (non-hydrogen) atoms. The molecule has 1 aliphatic rings. The summed E-state index contributed by atoms with van der Waals surface area (Å²) in [5.41, 5.74) is 3.77. The zero-order valence-electron chi connectivity index (χ0n) is 17.5. The molecule has 6 nitrogen and oxygen atoms in total. The lowest BCUT2D eigenvalue weighted by Crippen LogP contribution is -2.29. The fourth-order valence-corrected chi connectivity index (χ4v) is 3.65. The van der Waals surface area contributed by atoms with Gasteiger partial charge in [0.15, 0.2) is 0 Å². The van der Waals surface area contributed by atoms with Gasteiger partial charge in [-0.05, 0) is 55.8 Å². The number of benzene rings is 3. The van der Waals surface area contributed by atoms with Gasteiger partial charge in [-0.1, -0.05) is 29.8 Å². The molecule has 0 saturated carbocycles. The topological polar surface area (TPSA) is 72.9 Å². The Balaban J connectivity index is 1.57. The van der Waals surface area contributed by atoms with Crippen LogP contribution in [0.1, 0.15) is 47.8 Å². The van der Waals surface area contributed by atoms with E-state index in [0.717, 1.165) is 21.6 Å². The van der Waals surface area contributed by atoms with E-state index in [1.807, 2.05) is 44.2 Å². The monoisotopic (exact) mass is 415 g/mol. The smallest absolute Gasteiger partial charge is 0.338 e. The highest BCUT2D eigenvalue weighted by molar-refractivity contribution is 6.34. The fraction of sp³-hybridized carbons (Fsp3) is 0.160. The molecule has 0 bridgehead atoms. The first-order chi connectivity index (χ1) is 14.9. The molecule has 0 radical (unpaired) electrons. The van der Waals surface area contributed by atoms with Crippen LogP contribution in [0.3, 0.4) is 0 Å². The molecule has 6 heteroatoms. The van der Waals surface area contributed by atoms with Crippen molar-refractivity contribution in [2.75, 3.05) is 12.0 Å². The van der Waals surface area contributed by atoms with Crippen LogP contribution in [0.5, 0.6) is 5.75 Å². The Morgan fingerprint density at radius 3 is 2.39 bits per heavy atom. The second-order valence-corrected chi connectivity index (χ2v) is 7.38. The summed E-state index contributed by atoms with van der Waals surface area (Å²) < 4.78 is 10.7. The molecule has 3 aromatic rings. The largest absolute Gasteiger partial charge is 0.496 e. The lowest BCUT2D eigenvalue weighted by molar-refractivity contribution is 0.0470. The summed E-state index contributed by atoms with van der Waals surface area (Å²) in [6.07, 6.45) is 0. The van der Waals surface area contributed by atoms with Gasteiger partial charge in [-0.25, -0.2) is 9.69 Å². The average Bonchev–Trinajstić information content (AvgIpc) is 3.02. The molecule has 2 amide bonds. The average molecular weight is 415 g/mol. The zero-order valence-corrected chi connectivity index (χ0v) is 17.5. The lowest BCUT2D eigenvalue weighted by atomic mass is 10.1. The third-order valence-corrected chi connectivity index (χ3v) is 5.27. The maximum atomic E-state index is 13.0. The minimum Gasteiger partial charge on any atom is -0.496 e. The minimum atomic E-state index is -0.582. The number of hydrogen-bond donors (Lipinski definition) is 0. The summed E-state index contributed by atoms with van der Waals surface area (Å²) in [7, 11) is 1.55. The van der Waals surface area contributed by atoms with Gasteiger partial charge >= 0.3 is 5.97 Å². The molecule has 0 N–H and O–H groups in total. The van der Waals surface area contributed by atoms with Crippen molar-refractivity contribution in [2.24, 2.45) is 0 Å². The van der Waals surface area contributed by atoms with Gasteiger partial charge < -0.3 is 9.47 Å². The van der Waals surface area contributed by atoms with Gasteiger partial charge in [0, 0.05) is 5.56 Å². The first-order valence-electron chi connectivity index (χ1n) is 9.80. The van der Waals surface area contributed by atoms with Crippen LogP contribution in [0.25, 0.3) is 0 Å². The Labute approximate surface area is 180 Å². The van der Waals surface area contributed by atoms with Crippen LogP contribution in [0.2, 0.25) is 0 Å². The fourth-order valence-electron chi connectivity index (χ4n) is 3.65. The number of methoxy groups -OCH3 is 1. The van der Waals surface area contributed by atoms with Crippen LogP contribution in [0.4, 0.5) is 5.69 Å². The summed E-state index contributed by atoms with van der Waals surface area (Å²) in [4.78, 5) is 39.6. The van der Waals surface area contributed by atoms with Gasteiger partial charge in [0.1, 0.15) is 12.4 Å². The van der Waals surface area contributed by atoms with Crippen LogP contribution in [0.15, 0.2) is 60.7 Å². The number of hydrogen-bond acceptors (Lipinski definition) is 5. The van der Waals surface area contributed by atoms with E-state index in [-0.39, 0.29) is 23.3 Å². The van der Waals surface area contributed by atoms with Crippen molar-refractivity contribution in [3.8, 4) is 5.75 Å². The Morgan fingerprint density at radius 2 is 1.65 bits per heavy atom. The van der Waals surface area contributed by atoms with E-state index in [2.05, 4.69) is 0 Å². The van der Waals surface area contributed by atoms with Crippen molar-refractivity contribution in [2.45, 2.75) is 20.5 Å². The third kappa shape index (κ3) is 3.68. The molecule has 0 fully saturated rings. The number of fused-ring (bicyclic) bond motifs is 1. The molecule has 0 saturated heterocycles. The van der Waals surface area contributed by atoms with Crippen molar-refractivity contribution in [1.29, 1.82) is 0 Å². The van der Waals surface area contributed by atoms with Crippen LogP contribution in [-0.4, -0.2) is 24.9 Å². The van der Waals surface area contributed by atoms with E-state index in [4.69, 9.17) is 9.47 Å².